The first-order valence-corrected chi connectivity index (χ1v) is 5.04. The molecule has 1 N–H and O–H groups in total. The van der Waals surface area contributed by atoms with Crippen molar-refractivity contribution in [1.82, 2.24) is 9.97 Å². The van der Waals surface area contributed by atoms with E-state index in [-0.39, 0.29) is 22.9 Å². The first-order valence-electron chi connectivity index (χ1n) is 5.04. The zero-order valence-electron chi connectivity index (χ0n) is 9.39. The molecule has 0 aliphatic heterocycles. The number of ether oxygens (including phenoxy) is 1. The molecule has 2 rings (SSSR count). The molecule has 0 aromatic carbocycles. The normalized spacial score (nSPS) is 9.89. The van der Waals surface area contributed by atoms with Crippen molar-refractivity contribution in [3.8, 4) is 11.5 Å². The van der Waals surface area contributed by atoms with E-state index in [0.29, 0.717) is 0 Å². The maximum Gasteiger partial charge on any atom is 0.358 e. The van der Waals surface area contributed by atoms with Gasteiger partial charge in [0.15, 0.2) is 11.4 Å². The molecule has 2 heterocycles. The number of hydrogen-bond donors (Lipinski definition) is 1. The number of rotatable bonds is 4. The van der Waals surface area contributed by atoms with Crippen LogP contribution in [-0.4, -0.2) is 26.0 Å². The standard InChI is InChI=1S/C11H7N3O5/c15-11(16)10-9(2-1-4-13-10)19-8-3-5-12-6-7(8)14(17)18/h1-6H,(H,15,16). The van der Waals surface area contributed by atoms with Gasteiger partial charge < -0.3 is 9.84 Å². The molecular formula is C11H7N3O5. The number of nitrogens with zero attached hydrogens (tertiary/aromatic N) is 3. The van der Waals surface area contributed by atoms with E-state index < -0.39 is 10.9 Å². The van der Waals surface area contributed by atoms with Gasteiger partial charge in [0.1, 0.15) is 6.20 Å². The van der Waals surface area contributed by atoms with Gasteiger partial charge in [-0.3, -0.25) is 15.1 Å². The molecule has 0 spiro atoms. The first-order chi connectivity index (χ1) is 9.09. The lowest BCUT2D eigenvalue weighted by Gasteiger charge is -2.07. The molecule has 0 bridgehead atoms. The van der Waals surface area contributed by atoms with Gasteiger partial charge >= 0.3 is 11.7 Å². The smallest absolute Gasteiger partial charge is 0.358 e. The molecule has 8 heteroatoms. The van der Waals surface area contributed by atoms with Crippen LogP contribution >= 0.6 is 0 Å². The van der Waals surface area contributed by atoms with E-state index in [1.54, 1.807) is 0 Å². The Hall–Kier alpha value is -3.03. The first kappa shape index (κ1) is 12.4. The number of aromatic nitrogens is 2. The fraction of sp³-hybridized carbons (Fsp3) is 0. The molecule has 0 atom stereocenters. The molecule has 0 unspecified atom stereocenters. The molecule has 96 valence electrons. The summed E-state index contributed by atoms with van der Waals surface area (Å²) >= 11 is 0. The van der Waals surface area contributed by atoms with E-state index in [9.17, 15) is 14.9 Å². The van der Waals surface area contributed by atoms with Gasteiger partial charge in [0.2, 0.25) is 5.75 Å². The number of nitro groups is 1. The van der Waals surface area contributed by atoms with Crippen LogP contribution in [0.4, 0.5) is 5.69 Å². The van der Waals surface area contributed by atoms with Crippen LogP contribution in [0.25, 0.3) is 0 Å². The molecular weight excluding hydrogens is 254 g/mol. The summed E-state index contributed by atoms with van der Waals surface area (Å²) in [7, 11) is 0. The summed E-state index contributed by atoms with van der Waals surface area (Å²) in [6, 6.07) is 4.10. The largest absolute Gasteiger partial charge is 0.476 e. The van der Waals surface area contributed by atoms with Crippen LogP contribution in [0, 0.1) is 10.1 Å². The lowest BCUT2D eigenvalue weighted by Crippen LogP contribution is -2.03. The minimum absolute atomic E-state index is 0.0794. The summed E-state index contributed by atoms with van der Waals surface area (Å²) in [4.78, 5) is 28.3. The van der Waals surface area contributed by atoms with Crippen LogP contribution in [0.2, 0.25) is 0 Å². The van der Waals surface area contributed by atoms with Crippen molar-refractivity contribution in [1.29, 1.82) is 0 Å². The predicted molar refractivity (Wildman–Crippen MR) is 62.2 cm³/mol. The van der Waals surface area contributed by atoms with Crippen LogP contribution in [0.5, 0.6) is 11.5 Å². The Labute approximate surface area is 106 Å². The van der Waals surface area contributed by atoms with Crippen LogP contribution in [0.15, 0.2) is 36.8 Å². The predicted octanol–water partition coefficient (Wildman–Crippen LogP) is 1.88. The molecule has 8 nitrogen and oxygen atoms in total. The molecule has 0 amide bonds. The zero-order chi connectivity index (χ0) is 13.8. The summed E-state index contributed by atoms with van der Waals surface area (Å²) in [6.45, 7) is 0. The average molecular weight is 261 g/mol. The van der Waals surface area contributed by atoms with Gasteiger partial charge in [-0.2, -0.15) is 0 Å². The number of pyridine rings is 2. The van der Waals surface area contributed by atoms with Gasteiger partial charge in [-0.25, -0.2) is 9.78 Å². The number of aromatic carboxylic acids is 1. The summed E-state index contributed by atoms with van der Waals surface area (Å²) in [5.41, 5.74) is -0.684. The highest BCUT2D eigenvalue weighted by Gasteiger charge is 2.19. The van der Waals surface area contributed by atoms with Gasteiger partial charge in [0.05, 0.1) is 4.92 Å². The van der Waals surface area contributed by atoms with Crippen molar-refractivity contribution >= 4 is 11.7 Å². The fourth-order valence-electron chi connectivity index (χ4n) is 1.35. The maximum atomic E-state index is 10.9. The highest BCUT2D eigenvalue weighted by Crippen LogP contribution is 2.31. The maximum absolute atomic E-state index is 10.9. The van der Waals surface area contributed by atoms with Crippen LogP contribution in [0.1, 0.15) is 10.5 Å². The van der Waals surface area contributed by atoms with Crippen LogP contribution in [-0.2, 0) is 0 Å². The molecule has 0 radical (unpaired) electrons. The molecule has 0 saturated carbocycles. The second-order valence-corrected chi connectivity index (χ2v) is 3.36. The third kappa shape index (κ3) is 2.63. The van der Waals surface area contributed by atoms with Gasteiger partial charge in [-0.1, -0.05) is 0 Å². The minimum Gasteiger partial charge on any atom is -0.476 e. The van der Waals surface area contributed by atoms with Gasteiger partial charge in [0, 0.05) is 18.5 Å². The third-order valence-corrected chi connectivity index (χ3v) is 2.15. The van der Waals surface area contributed by atoms with E-state index in [0.717, 1.165) is 6.20 Å². The Kier molecular flexibility index (Phi) is 3.33. The Bertz CT molecular complexity index is 588. The van der Waals surface area contributed by atoms with Crippen molar-refractivity contribution in [3.05, 3.63) is 52.6 Å². The quantitative estimate of drug-likeness (QED) is 0.659. The molecule has 19 heavy (non-hydrogen) atoms. The van der Waals surface area contributed by atoms with Crippen LogP contribution in [0.3, 0.4) is 0 Å². The minimum atomic E-state index is -1.28. The van der Waals surface area contributed by atoms with E-state index in [1.165, 1.54) is 30.6 Å². The fourth-order valence-corrected chi connectivity index (χ4v) is 1.35. The summed E-state index contributed by atoms with van der Waals surface area (Å²) in [6.07, 6.45) is 3.61. The van der Waals surface area contributed by atoms with E-state index in [1.807, 2.05) is 0 Å². The lowest BCUT2D eigenvalue weighted by molar-refractivity contribution is -0.386. The molecule has 0 saturated heterocycles. The van der Waals surface area contributed by atoms with Crippen molar-refractivity contribution in [2.24, 2.45) is 0 Å². The topological polar surface area (TPSA) is 115 Å². The van der Waals surface area contributed by atoms with Crippen LogP contribution < -0.4 is 4.74 Å². The second kappa shape index (κ2) is 5.08. The third-order valence-electron chi connectivity index (χ3n) is 2.15. The van der Waals surface area contributed by atoms with Gasteiger partial charge in [-0.05, 0) is 12.1 Å². The summed E-state index contributed by atoms with van der Waals surface area (Å²) in [5.74, 6) is -1.47. The average Bonchev–Trinajstić information content (AvgIpc) is 2.39. The number of carboxylic acids is 1. The Morgan fingerprint density at radius 2 is 2.11 bits per heavy atom. The van der Waals surface area contributed by atoms with Crippen molar-refractivity contribution in [2.45, 2.75) is 0 Å². The van der Waals surface area contributed by atoms with E-state index >= 15 is 0 Å². The zero-order valence-corrected chi connectivity index (χ0v) is 9.39. The molecule has 2 aromatic rings. The molecule has 0 aliphatic rings. The second-order valence-electron chi connectivity index (χ2n) is 3.36. The highest BCUT2D eigenvalue weighted by atomic mass is 16.6. The highest BCUT2D eigenvalue weighted by molar-refractivity contribution is 5.88. The summed E-state index contributed by atoms with van der Waals surface area (Å²) < 4.78 is 5.24. The lowest BCUT2D eigenvalue weighted by atomic mass is 10.3. The van der Waals surface area contributed by atoms with Gasteiger partial charge in [0.25, 0.3) is 0 Å². The Balaban J connectivity index is 2.42. The number of carboxylic acid groups (broad SMARTS) is 1. The number of carbonyl (C=O) groups is 1. The van der Waals surface area contributed by atoms with Crippen molar-refractivity contribution in [2.75, 3.05) is 0 Å². The Morgan fingerprint density at radius 1 is 1.32 bits per heavy atom. The monoisotopic (exact) mass is 261 g/mol. The summed E-state index contributed by atoms with van der Waals surface area (Å²) in [5, 5.41) is 19.7. The van der Waals surface area contributed by atoms with E-state index in [4.69, 9.17) is 9.84 Å². The SMILES string of the molecule is O=C(O)c1ncccc1Oc1ccncc1[N+](=O)[O-]. The Morgan fingerprint density at radius 3 is 2.79 bits per heavy atom. The molecule has 2 aromatic heterocycles. The van der Waals surface area contributed by atoms with Crippen molar-refractivity contribution < 1.29 is 19.6 Å². The van der Waals surface area contributed by atoms with E-state index in [2.05, 4.69) is 9.97 Å². The number of hydrogen-bond acceptors (Lipinski definition) is 6. The molecule has 0 aliphatic carbocycles. The van der Waals surface area contributed by atoms with Crippen molar-refractivity contribution in [3.63, 3.8) is 0 Å². The molecule has 0 fully saturated rings. The van der Waals surface area contributed by atoms with Gasteiger partial charge in [-0.15, -0.1) is 0 Å².